The van der Waals surface area contributed by atoms with Crippen molar-refractivity contribution in [3.05, 3.63) is 11.1 Å². The first-order chi connectivity index (χ1) is 5.97. The van der Waals surface area contributed by atoms with Crippen LogP contribution in [0.3, 0.4) is 0 Å². The fraction of sp³-hybridized carbons (Fsp3) is 0.750. The summed E-state index contributed by atoms with van der Waals surface area (Å²) in [5.74, 6) is 1.40. The Hall–Kier alpha value is -0.590. The van der Waals surface area contributed by atoms with E-state index in [1.807, 2.05) is 0 Å². The van der Waals surface area contributed by atoms with Gasteiger partial charge in [0.05, 0.1) is 0 Å². The molecule has 13 heavy (non-hydrogen) atoms. The van der Waals surface area contributed by atoms with E-state index in [4.69, 9.17) is 0 Å². The Morgan fingerprint density at radius 2 is 2.08 bits per heavy atom. The average molecular weight is 178 g/mol. The number of carbonyl (C=O) groups is 1. The molecule has 2 bridgehead atoms. The molecule has 0 spiro atoms. The minimum atomic E-state index is 0.209. The molecule has 1 nitrogen and oxygen atoms in total. The summed E-state index contributed by atoms with van der Waals surface area (Å²) in [6.45, 7) is 8.47. The van der Waals surface area contributed by atoms with Crippen molar-refractivity contribution in [3.8, 4) is 0 Å². The third-order valence-corrected chi connectivity index (χ3v) is 4.51. The van der Waals surface area contributed by atoms with Crippen LogP contribution in [0, 0.1) is 17.3 Å². The maximum absolute atomic E-state index is 11.5. The van der Waals surface area contributed by atoms with Gasteiger partial charge in [-0.25, -0.2) is 0 Å². The third kappa shape index (κ3) is 0.962. The van der Waals surface area contributed by atoms with E-state index in [1.54, 1.807) is 12.5 Å². The number of carbonyl (C=O) groups excluding carboxylic acids is 1. The minimum Gasteiger partial charge on any atom is -0.300 e. The molecule has 0 aliphatic heterocycles. The summed E-state index contributed by atoms with van der Waals surface area (Å²) in [5.41, 5.74) is 3.25. The molecule has 3 atom stereocenters. The highest BCUT2D eigenvalue weighted by Crippen LogP contribution is 2.60. The van der Waals surface area contributed by atoms with Gasteiger partial charge < -0.3 is 0 Å². The summed E-state index contributed by atoms with van der Waals surface area (Å²) in [6.07, 6.45) is 2.32. The van der Waals surface area contributed by atoms with Crippen LogP contribution in [0.25, 0.3) is 0 Å². The summed E-state index contributed by atoms with van der Waals surface area (Å²) in [7, 11) is 0. The zero-order valence-electron chi connectivity index (χ0n) is 8.98. The average Bonchev–Trinajstić information content (AvgIpc) is 2.49. The van der Waals surface area contributed by atoms with Gasteiger partial charge in [0.1, 0.15) is 5.78 Å². The van der Waals surface area contributed by atoms with Crippen LogP contribution in [0.1, 0.15) is 40.5 Å². The number of rotatable bonds is 1. The number of Topliss-reactive ketones (excluding diaryl/α,β-unsaturated/α-hetero) is 1. The molecular weight excluding hydrogens is 160 g/mol. The Balaban J connectivity index is 2.41. The van der Waals surface area contributed by atoms with Gasteiger partial charge >= 0.3 is 0 Å². The lowest BCUT2D eigenvalue weighted by molar-refractivity contribution is -0.123. The van der Waals surface area contributed by atoms with Gasteiger partial charge in [-0.15, -0.1) is 0 Å². The highest BCUT2D eigenvalue weighted by Gasteiger charge is 2.52. The van der Waals surface area contributed by atoms with E-state index in [9.17, 15) is 4.79 Å². The number of fused-ring (bicyclic) bond motifs is 2. The second kappa shape index (κ2) is 2.46. The molecule has 0 aromatic rings. The van der Waals surface area contributed by atoms with E-state index >= 15 is 0 Å². The number of hydrogen-bond acceptors (Lipinski definition) is 1. The molecular formula is C12H18O. The van der Waals surface area contributed by atoms with Gasteiger partial charge in [-0.1, -0.05) is 18.1 Å². The lowest BCUT2D eigenvalue weighted by atomic mass is 9.72. The monoisotopic (exact) mass is 178 g/mol. The lowest BCUT2D eigenvalue weighted by Gasteiger charge is -2.31. The van der Waals surface area contributed by atoms with Gasteiger partial charge in [-0.2, -0.15) is 0 Å². The predicted molar refractivity (Wildman–Crippen MR) is 53.4 cm³/mol. The zero-order chi connectivity index (χ0) is 9.80. The lowest BCUT2D eigenvalue weighted by Crippen LogP contribution is -2.29. The van der Waals surface area contributed by atoms with Crippen LogP contribution in [0.2, 0.25) is 0 Å². The molecule has 2 aliphatic rings. The van der Waals surface area contributed by atoms with Gasteiger partial charge in [0.2, 0.25) is 0 Å². The van der Waals surface area contributed by atoms with Crippen LogP contribution >= 0.6 is 0 Å². The highest BCUT2D eigenvalue weighted by molar-refractivity contribution is 5.80. The van der Waals surface area contributed by atoms with Crippen molar-refractivity contribution in [1.82, 2.24) is 0 Å². The quantitative estimate of drug-likeness (QED) is 0.564. The second-order valence-corrected chi connectivity index (χ2v) is 5.03. The molecule has 1 heteroatoms. The molecule has 0 saturated heterocycles. The fourth-order valence-electron chi connectivity index (χ4n) is 3.40. The van der Waals surface area contributed by atoms with Crippen molar-refractivity contribution in [2.75, 3.05) is 0 Å². The molecule has 0 aromatic heterocycles. The largest absolute Gasteiger partial charge is 0.300 e. The first-order valence-corrected chi connectivity index (χ1v) is 5.15. The summed E-state index contributed by atoms with van der Waals surface area (Å²) in [5, 5.41) is 0. The van der Waals surface area contributed by atoms with Crippen molar-refractivity contribution in [2.45, 2.75) is 40.5 Å². The summed E-state index contributed by atoms with van der Waals surface area (Å²) in [4.78, 5) is 11.5. The second-order valence-electron chi connectivity index (χ2n) is 5.03. The maximum atomic E-state index is 11.5. The van der Waals surface area contributed by atoms with Crippen LogP contribution in [0.4, 0.5) is 0 Å². The van der Waals surface area contributed by atoms with E-state index in [0.29, 0.717) is 17.6 Å². The molecule has 2 rings (SSSR count). The smallest absolute Gasteiger partial charge is 0.133 e. The molecule has 72 valence electrons. The number of allylic oxidation sites excluding steroid dienone is 2. The summed E-state index contributed by atoms with van der Waals surface area (Å²) in [6, 6.07) is 0. The normalized spacial score (nSPS) is 43.1. The van der Waals surface area contributed by atoms with E-state index in [2.05, 4.69) is 20.8 Å². The molecule has 0 N–H and O–H groups in total. The van der Waals surface area contributed by atoms with Gasteiger partial charge in [0.15, 0.2) is 0 Å². The van der Waals surface area contributed by atoms with Gasteiger partial charge in [-0.3, -0.25) is 4.79 Å². The number of ketones is 1. The molecule has 1 saturated carbocycles. The van der Waals surface area contributed by atoms with Crippen molar-refractivity contribution in [2.24, 2.45) is 17.3 Å². The van der Waals surface area contributed by atoms with Gasteiger partial charge in [0.25, 0.3) is 0 Å². The van der Waals surface area contributed by atoms with Crippen molar-refractivity contribution in [1.29, 1.82) is 0 Å². The van der Waals surface area contributed by atoms with E-state index in [-0.39, 0.29) is 5.41 Å². The van der Waals surface area contributed by atoms with Crippen LogP contribution in [0.15, 0.2) is 11.1 Å². The summed E-state index contributed by atoms with van der Waals surface area (Å²) < 4.78 is 0. The first kappa shape index (κ1) is 8.98. The van der Waals surface area contributed by atoms with E-state index in [1.165, 1.54) is 12.0 Å². The topological polar surface area (TPSA) is 17.1 Å². The Labute approximate surface area is 80.2 Å². The molecule has 0 aromatic carbocycles. The predicted octanol–water partition coefficient (Wildman–Crippen LogP) is 2.96. The van der Waals surface area contributed by atoms with Crippen molar-refractivity contribution in [3.63, 3.8) is 0 Å². The van der Waals surface area contributed by atoms with Crippen LogP contribution < -0.4 is 0 Å². The molecule has 1 fully saturated rings. The minimum absolute atomic E-state index is 0.209. The first-order valence-electron chi connectivity index (χ1n) is 5.15. The Kier molecular flexibility index (Phi) is 1.70. The van der Waals surface area contributed by atoms with Crippen molar-refractivity contribution < 1.29 is 4.79 Å². The van der Waals surface area contributed by atoms with Gasteiger partial charge in [-0.05, 0) is 44.9 Å². The van der Waals surface area contributed by atoms with Crippen LogP contribution in [-0.4, -0.2) is 5.78 Å². The van der Waals surface area contributed by atoms with Crippen LogP contribution in [-0.2, 0) is 4.79 Å². The Morgan fingerprint density at radius 3 is 2.46 bits per heavy atom. The van der Waals surface area contributed by atoms with Crippen molar-refractivity contribution >= 4 is 5.78 Å². The van der Waals surface area contributed by atoms with Gasteiger partial charge in [0, 0.05) is 5.92 Å². The van der Waals surface area contributed by atoms with E-state index < -0.39 is 0 Å². The third-order valence-electron chi connectivity index (χ3n) is 4.51. The molecule has 0 radical (unpaired) electrons. The Bertz CT molecular complexity index is 300. The highest BCUT2D eigenvalue weighted by atomic mass is 16.1. The Morgan fingerprint density at radius 1 is 1.46 bits per heavy atom. The molecule has 0 amide bonds. The number of hydrogen-bond donors (Lipinski definition) is 0. The van der Waals surface area contributed by atoms with E-state index in [0.717, 1.165) is 6.42 Å². The zero-order valence-corrected chi connectivity index (χ0v) is 8.98. The standard InChI is InChI=1S/C12H18O/c1-7-8(2)12(4)6-10(7)5-11(12)9(3)13/h10-11H,5-6H2,1-4H3. The molecule has 0 heterocycles. The molecule has 2 aliphatic carbocycles. The molecule has 3 unspecified atom stereocenters. The van der Waals surface area contributed by atoms with Crippen LogP contribution in [0.5, 0.6) is 0 Å². The maximum Gasteiger partial charge on any atom is 0.133 e. The summed E-state index contributed by atoms with van der Waals surface area (Å²) >= 11 is 0. The SMILES string of the molecule is CC(=O)C1CC2CC1(C)C(C)=C2C. The fourth-order valence-corrected chi connectivity index (χ4v) is 3.40.